The zero-order valence-corrected chi connectivity index (χ0v) is 14.7. The number of nitrogens with zero attached hydrogens (tertiary/aromatic N) is 1. The number of carbonyl (C=O) groups is 1. The molecule has 2 aromatic carbocycles. The van der Waals surface area contributed by atoms with Gasteiger partial charge in [0.05, 0.1) is 22.4 Å². The zero-order chi connectivity index (χ0) is 17.7. The van der Waals surface area contributed by atoms with Crippen molar-refractivity contribution in [3.05, 3.63) is 57.6 Å². The summed E-state index contributed by atoms with van der Waals surface area (Å²) < 4.78 is 5.55. The van der Waals surface area contributed by atoms with Crippen LogP contribution >= 0.6 is 23.2 Å². The minimum absolute atomic E-state index is 0.0443. The fraction of sp³-hybridized carbons (Fsp3) is 0.176. The molecule has 126 valence electrons. The predicted octanol–water partition coefficient (Wildman–Crippen LogP) is 4.13. The second kappa shape index (κ2) is 8.04. The molecule has 1 amide bonds. The fourth-order valence-corrected chi connectivity index (χ4v) is 2.51. The first-order valence-corrected chi connectivity index (χ1v) is 7.97. The molecule has 7 heteroatoms. The number of ether oxygens (including phenoxy) is 1. The number of rotatable bonds is 5. The number of hydrogen-bond donors (Lipinski definition) is 2. The molecule has 0 aliphatic carbocycles. The Labute approximate surface area is 150 Å². The van der Waals surface area contributed by atoms with Crippen LogP contribution in [0.3, 0.4) is 0 Å². The number of amides is 1. The molecule has 0 saturated heterocycles. The number of anilines is 1. The highest BCUT2D eigenvalue weighted by Crippen LogP contribution is 2.34. The number of hydrazone groups is 1. The Bertz CT molecular complexity index is 753. The first-order chi connectivity index (χ1) is 11.4. The summed E-state index contributed by atoms with van der Waals surface area (Å²) in [7, 11) is 0. The molecule has 0 aliphatic rings. The van der Waals surface area contributed by atoms with Gasteiger partial charge in [-0.05, 0) is 49.7 Å². The first kappa shape index (κ1) is 18.1. The van der Waals surface area contributed by atoms with E-state index in [-0.39, 0.29) is 12.0 Å². The summed E-state index contributed by atoms with van der Waals surface area (Å²) >= 11 is 12.3. The Balaban J connectivity index is 2.08. The third-order valence-corrected chi connectivity index (χ3v) is 3.46. The molecule has 24 heavy (non-hydrogen) atoms. The second-order valence-electron chi connectivity index (χ2n) is 5.30. The number of halogens is 2. The highest BCUT2D eigenvalue weighted by Gasteiger charge is 2.11. The van der Waals surface area contributed by atoms with E-state index in [0.29, 0.717) is 32.6 Å². The summed E-state index contributed by atoms with van der Waals surface area (Å²) in [5.74, 6) is 0.0600. The van der Waals surface area contributed by atoms with Crippen LogP contribution < -0.4 is 15.9 Å². The largest absolute Gasteiger partial charge is 0.488 e. The molecule has 0 heterocycles. The number of hydrogen-bond acceptors (Lipinski definition) is 4. The molecule has 0 aromatic heterocycles. The Morgan fingerprint density at radius 3 is 2.50 bits per heavy atom. The standard InChI is InChI=1S/C17H17Cl2N3O2/c1-10(2)24-16-14(18)6-11(7-15(16)19)9-21-22-17(23)12-4-3-5-13(20)8-12/h3-10H,20H2,1-2H3,(H,22,23)/b21-9-. The molecule has 5 nitrogen and oxygen atoms in total. The van der Waals surface area contributed by atoms with Crippen LogP contribution in [0.1, 0.15) is 29.8 Å². The number of nitrogen functional groups attached to an aromatic ring is 1. The molecule has 2 rings (SSSR count). The summed E-state index contributed by atoms with van der Waals surface area (Å²) in [5, 5.41) is 4.65. The van der Waals surface area contributed by atoms with E-state index in [2.05, 4.69) is 10.5 Å². The Kier molecular flexibility index (Phi) is 6.06. The maximum atomic E-state index is 11.9. The topological polar surface area (TPSA) is 76.7 Å². The van der Waals surface area contributed by atoms with Gasteiger partial charge >= 0.3 is 0 Å². The van der Waals surface area contributed by atoms with Gasteiger partial charge in [-0.25, -0.2) is 5.43 Å². The minimum Gasteiger partial charge on any atom is -0.488 e. The zero-order valence-electron chi connectivity index (χ0n) is 13.2. The molecule has 0 fully saturated rings. The average molecular weight is 366 g/mol. The molecule has 0 saturated carbocycles. The Hall–Kier alpha value is -2.24. The lowest BCUT2D eigenvalue weighted by molar-refractivity contribution is 0.0955. The number of nitrogens with one attached hydrogen (secondary N) is 1. The monoisotopic (exact) mass is 365 g/mol. The molecule has 0 bridgehead atoms. The van der Waals surface area contributed by atoms with Gasteiger partial charge in [-0.1, -0.05) is 29.3 Å². The number of benzene rings is 2. The summed E-state index contributed by atoms with van der Waals surface area (Å²) in [5.41, 5.74) is 9.62. The van der Waals surface area contributed by atoms with E-state index in [1.807, 2.05) is 13.8 Å². The van der Waals surface area contributed by atoms with Crippen molar-refractivity contribution in [3.8, 4) is 5.75 Å². The lowest BCUT2D eigenvalue weighted by Crippen LogP contribution is -2.17. The van der Waals surface area contributed by atoms with Crippen LogP contribution in [0.15, 0.2) is 41.5 Å². The average Bonchev–Trinajstić information content (AvgIpc) is 2.50. The van der Waals surface area contributed by atoms with Crippen molar-refractivity contribution in [2.45, 2.75) is 20.0 Å². The molecule has 0 radical (unpaired) electrons. The summed E-state index contributed by atoms with van der Waals surface area (Å²) in [6, 6.07) is 9.91. The lowest BCUT2D eigenvalue weighted by atomic mass is 10.2. The van der Waals surface area contributed by atoms with Crippen LogP contribution in [0.25, 0.3) is 0 Å². The van der Waals surface area contributed by atoms with Gasteiger partial charge in [-0.3, -0.25) is 4.79 Å². The van der Waals surface area contributed by atoms with Crippen molar-refractivity contribution in [2.75, 3.05) is 5.73 Å². The van der Waals surface area contributed by atoms with Crippen molar-refractivity contribution in [1.29, 1.82) is 0 Å². The summed E-state index contributed by atoms with van der Waals surface area (Å²) in [6.45, 7) is 3.77. The van der Waals surface area contributed by atoms with Crippen LogP contribution in [0.2, 0.25) is 10.0 Å². The van der Waals surface area contributed by atoms with Crippen LogP contribution in [-0.4, -0.2) is 18.2 Å². The van der Waals surface area contributed by atoms with Gasteiger partial charge in [0.15, 0.2) is 5.75 Å². The highest BCUT2D eigenvalue weighted by molar-refractivity contribution is 6.37. The maximum absolute atomic E-state index is 11.9. The van der Waals surface area contributed by atoms with Crippen molar-refractivity contribution in [1.82, 2.24) is 5.43 Å². The molecular weight excluding hydrogens is 349 g/mol. The second-order valence-corrected chi connectivity index (χ2v) is 6.12. The van der Waals surface area contributed by atoms with Crippen LogP contribution in [0.4, 0.5) is 5.69 Å². The van der Waals surface area contributed by atoms with Gasteiger partial charge in [0.25, 0.3) is 5.91 Å². The fourth-order valence-electron chi connectivity index (χ4n) is 1.91. The normalized spacial score (nSPS) is 11.0. The van der Waals surface area contributed by atoms with Crippen molar-refractivity contribution < 1.29 is 9.53 Å². The molecule has 0 unspecified atom stereocenters. The van der Waals surface area contributed by atoms with Gasteiger partial charge in [0, 0.05) is 11.3 Å². The third-order valence-electron chi connectivity index (χ3n) is 2.90. The van der Waals surface area contributed by atoms with Gasteiger partial charge in [-0.15, -0.1) is 0 Å². The molecule has 0 aliphatic heterocycles. The number of nitrogens with two attached hydrogens (primary N) is 1. The van der Waals surface area contributed by atoms with E-state index >= 15 is 0 Å². The van der Waals surface area contributed by atoms with E-state index in [0.717, 1.165) is 0 Å². The van der Waals surface area contributed by atoms with Gasteiger partial charge in [0.1, 0.15) is 0 Å². The van der Waals surface area contributed by atoms with Gasteiger partial charge in [-0.2, -0.15) is 5.10 Å². The van der Waals surface area contributed by atoms with E-state index in [4.69, 9.17) is 33.7 Å². The molecule has 0 atom stereocenters. The molecule has 0 spiro atoms. The minimum atomic E-state index is -0.365. The van der Waals surface area contributed by atoms with E-state index in [1.54, 1.807) is 36.4 Å². The highest BCUT2D eigenvalue weighted by atomic mass is 35.5. The van der Waals surface area contributed by atoms with Crippen molar-refractivity contribution >= 4 is 41.0 Å². The molecular formula is C17H17Cl2N3O2. The van der Waals surface area contributed by atoms with Crippen molar-refractivity contribution in [2.24, 2.45) is 5.10 Å². The molecule has 2 aromatic rings. The Morgan fingerprint density at radius 2 is 1.92 bits per heavy atom. The summed E-state index contributed by atoms with van der Waals surface area (Å²) in [6.07, 6.45) is 1.40. The lowest BCUT2D eigenvalue weighted by Gasteiger charge is -2.13. The van der Waals surface area contributed by atoms with Gasteiger partial charge in [0.2, 0.25) is 0 Å². The van der Waals surface area contributed by atoms with Crippen LogP contribution in [0, 0.1) is 0 Å². The quantitative estimate of drug-likeness (QED) is 0.475. The van der Waals surface area contributed by atoms with Crippen LogP contribution in [0.5, 0.6) is 5.75 Å². The van der Waals surface area contributed by atoms with E-state index < -0.39 is 0 Å². The maximum Gasteiger partial charge on any atom is 0.271 e. The van der Waals surface area contributed by atoms with Crippen LogP contribution in [-0.2, 0) is 0 Å². The van der Waals surface area contributed by atoms with Gasteiger partial charge < -0.3 is 10.5 Å². The first-order valence-electron chi connectivity index (χ1n) is 7.21. The van der Waals surface area contributed by atoms with E-state index in [9.17, 15) is 4.79 Å². The number of carbonyl (C=O) groups excluding carboxylic acids is 1. The smallest absolute Gasteiger partial charge is 0.271 e. The molecule has 3 N–H and O–H groups in total. The summed E-state index contributed by atoms with van der Waals surface area (Å²) in [4.78, 5) is 11.9. The Morgan fingerprint density at radius 1 is 1.25 bits per heavy atom. The SMILES string of the molecule is CC(C)Oc1c(Cl)cc(/C=N\NC(=O)c2cccc(N)c2)cc1Cl. The van der Waals surface area contributed by atoms with Crippen molar-refractivity contribution in [3.63, 3.8) is 0 Å². The van der Waals surface area contributed by atoms with E-state index in [1.165, 1.54) is 6.21 Å². The third kappa shape index (κ3) is 4.88. The predicted molar refractivity (Wildman–Crippen MR) is 98.1 cm³/mol.